The van der Waals surface area contributed by atoms with E-state index in [9.17, 15) is 9.59 Å². The van der Waals surface area contributed by atoms with Crippen molar-refractivity contribution in [3.63, 3.8) is 0 Å². The van der Waals surface area contributed by atoms with Crippen molar-refractivity contribution in [3.8, 4) is 0 Å². The number of aromatic nitrogens is 2. The summed E-state index contributed by atoms with van der Waals surface area (Å²) >= 11 is 0. The maximum Gasteiger partial charge on any atom is 0.411 e. The second kappa shape index (κ2) is 4.81. The van der Waals surface area contributed by atoms with Crippen molar-refractivity contribution in [3.05, 3.63) is 17.5 Å². The molecule has 2 rings (SSSR count). The Hall–Kier alpha value is -2.05. The Labute approximate surface area is 117 Å². The molecule has 2 heterocycles. The summed E-state index contributed by atoms with van der Waals surface area (Å²) in [4.78, 5) is 25.6. The van der Waals surface area contributed by atoms with Gasteiger partial charge in [-0.2, -0.15) is 5.10 Å². The lowest BCUT2D eigenvalue weighted by Crippen LogP contribution is -2.39. The lowest BCUT2D eigenvalue weighted by atomic mass is 10.1. The van der Waals surface area contributed by atoms with E-state index in [4.69, 9.17) is 9.47 Å². The third kappa shape index (κ3) is 2.48. The number of rotatable bonds is 1. The van der Waals surface area contributed by atoms with E-state index in [1.807, 2.05) is 0 Å². The lowest BCUT2D eigenvalue weighted by Gasteiger charge is -2.27. The monoisotopic (exact) mass is 281 g/mol. The minimum Gasteiger partial charge on any atom is -0.467 e. The molecule has 1 aromatic rings. The Bertz CT molecular complexity index is 544. The van der Waals surface area contributed by atoms with Crippen LogP contribution in [0.5, 0.6) is 0 Å². The third-order valence-corrected chi connectivity index (χ3v) is 3.07. The highest BCUT2D eigenvalue weighted by molar-refractivity contribution is 5.84. The number of carbonyl (C=O) groups is 2. The van der Waals surface area contributed by atoms with E-state index >= 15 is 0 Å². The van der Waals surface area contributed by atoms with Crippen LogP contribution in [0.1, 0.15) is 38.1 Å². The molecule has 1 unspecified atom stereocenters. The minimum atomic E-state index is -0.793. The number of fused-ring (bicyclic) bond motifs is 1. The fourth-order valence-corrected chi connectivity index (χ4v) is 2.18. The van der Waals surface area contributed by atoms with Gasteiger partial charge in [-0.1, -0.05) is 0 Å². The Kier molecular flexibility index (Phi) is 3.45. The summed E-state index contributed by atoms with van der Waals surface area (Å²) in [6.07, 6.45) is 1.05. The largest absolute Gasteiger partial charge is 0.467 e. The van der Waals surface area contributed by atoms with Crippen LogP contribution in [0, 0.1) is 0 Å². The van der Waals surface area contributed by atoms with E-state index in [0.29, 0.717) is 5.56 Å². The quantitative estimate of drug-likeness (QED) is 0.727. The molecular formula is C13H19N3O4. The van der Waals surface area contributed by atoms with Gasteiger partial charge in [0.15, 0.2) is 6.04 Å². The van der Waals surface area contributed by atoms with Crippen LogP contribution >= 0.6 is 0 Å². The molecule has 0 radical (unpaired) electrons. The fraction of sp³-hybridized carbons (Fsp3) is 0.615. The first-order chi connectivity index (χ1) is 9.24. The van der Waals surface area contributed by atoms with Crippen LogP contribution in [0.3, 0.4) is 0 Å². The van der Waals surface area contributed by atoms with Gasteiger partial charge >= 0.3 is 12.1 Å². The van der Waals surface area contributed by atoms with E-state index in [0.717, 1.165) is 5.69 Å². The van der Waals surface area contributed by atoms with Crippen LogP contribution in [-0.4, -0.2) is 39.5 Å². The van der Waals surface area contributed by atoms with Gasteiger partial charge in [-0.05, 0) is 20.8 Å². The summed E-state index contributed by atoms with van der Waals surface area (Å²) in [6, 6.07) is -0.793. The highest BCUT2D eigenvalue weighted by Crippen LogP contribution is 2.35. The Morgan fingerprint density at radius 2 is 2.05 bits per heavy atom. The number of hydrogen-bond donors (Lipinski definition) is 0. The Morgan fingerprint density at radius 1 is 1.40 bits per heavy atom. The van der Waals surface area contributed by atoms with Crippen LogP contribution < -0.4 is 0 Å². The minimum absolute atomic E-state index is 0.278. The van der Waals surface area contributed by atoms with Crippen LogP contribution in [0.4, 0.5) is 4.79 Å². The zero-order chi connectivity index (χ0) is 15.1. The van der Waals surface area contributed by atoms with Gasteiger partial charge in [0.1, 0.15) is 5.60 Å². The van der Waals surface area contributed by atoms with Gasteiger partial charge in [-0.25, -0.2) is 9.59 Å². The molecule has 1 atom stereocenters. The molecule has 1 aromatic heterocycles. The van der Waals surface area contributed by atoms with Gasteiger partial charge in [0.2, 0.25) is 0 Å². The van der Waals surface area contributed by atoms with Crippen molar-refractivity contribution in [2.24, 2.45) is 7.05 Å². The summed E-state index contributed by atoms with van der Waals surface area (Å²) in [5.74, 6) is -0.498. The van der Waals surface area contributed by atoms with Gasteiger partial charge in [-0.15, -0.1) is 0 Å². The molecule has 7 nitrogen and oxygen atoms in total. The third-order valence-electron chi connectivity index (χ3n) is 3.07. The van der Waals surface area contributed by atoms with E-state index in [1.165, 1.54) is 12.0 Å². The molecule has 1 aliphatic rings. The summed E-state index contributed by atoms with van der Waals surface area (Å²) < 4.78 is 11.8. The molecule has 20 heavy (non-hydrogen) atoms. The van der Waals surface area contributed by atoms with Crippen molar-refractivity contribution in [1.82, 2.24) is 14.7 Å². The number of esters is 1. The highest BCUT2D eigenvalue weighted by Gasteiger charge is 2.43. The molecule has 0 aromatic carbocycles. The first-order valence-electron chi connectivity index (χ1n) is 6.33. The first-order valence-corrected chi connectivity index (χ1v) is 6.33. The topological polar surface area (TPSA) is 73.7 Å². The van der Waals surface area contributed by atoms with Gasteiger partial charge < -0.3 is 9.47 Å². The molecule has 1 aliphatic heterocycles. The molecule has 0 saturated heterocycles. The smallest absolute Gasteiger partial charge is 0.411 e. The molecule has 110 valence electrons. The highest BCUT2D eigenvalue weighted by atomic mass is 16.6. The number of amides is 1. The SMILES string of the molecule is COC(=O)C1c2cnn(C)c2CN1C(=O)OC(C)(C)C. The molecule has 0 aliphatic carbocycles. The summed E-state index contributed by atoms with van der Waals surface area (Å²) in [5.41, 5.74) is 0.876. The van der Waals surface area contributed by atoms with Crippen molar-refractivity contribution >= 4 is 12.1 Å². The van der Waals surface area contributed by atoms with Crippen LogP contribution in [0.15, 0.2) is 6.20 Å². The standard InChI is InChI=1S/C13H19N3O4/c1-13(2,3)20-12(18)16-7-9-8(6-14-15(9)4)10(16)11(17)19-5/h6,10H,7H2,1-5H3. The molecule has 0 spiro atoms. The predicted molar refractivity (Wildman–Crippen MR) is 69.7 cm³/mol. The van der Waals surface area contributed by atoms with Gasteiger partial charge in [0.05, 0.1) is 25.5 Å². The van der Waals surface area contributed by atoms with Crippen LogP contribution in [-0.2, 0) is 27.9 Å². The number of carbonyl (C=O) groups excluding carboxylic acids is 2. The first kappa shape index (κ1) is 14.4. The summed E-state index contributed by atoms with van der Waals surface area (Å²) in [6.45, 7) is 5.62. The normalized spacial score (nSPS) is 17.9. The van der Waals surface area contributed by atoms with E-state index in [-0.39, 0.29) is 6.54 Å². The van der Waals surface area contributed by atoms with Crippen molar-refractivity contribution < 1.29 is 19.1 Å². The second-order valence-corrected chi connectivity index (χ2v) is 5.70. The van der Waals surface area contributed by atoms with Crippen LogP contribution in [0.25, 0.3) is 0 Å². The molecular weight excluding hydrogens is 262 g/mol. The number of hydrogen-bond acceptors (Lipinski definition) is 5. The van der Waals surface area contributed by atoms with Crippen molar-refractivity contribution in [2.75, 3.05) is 7.11 Å². The van der Waals surface area contributed by atoms with E-state index < -0.39 is 23.7 Å². The average molecular weight is 281 g/mol. The van der Waals surface area contributed by atoms with E-state index in [2.05, 4.69) is 5.10 Å². The van der Waals surface area contributed by atoms with Crippen LogP contribution in [0.2, 0.25) is 0 Å². The number of aryl methyl sites for hydroxylation is 1. The number of nitrogens with zero attached hydrogens (tertiary/aromatic N) is 3. The summed E-state index contributed by atoms with van der Waals surface area (Å²) in [7, 11) is 3.07. The molecule has 7 heteroatoms. The maximum absolute atomic E-state index is 12.2. The van der Waals surface area contributed by atoms with E-state index in [1.54, 1.807) is 38.7 Å². The number of methoxy groups -OCH3 is 1. The van der Waals surface area contributed by atoms with Gasteiger partial charge in [0.25, 0.3) is 0 Å². The van der Waals surface area contributed by atoms with Gasteiger partial charge in [-0.3, -0.25) is 9.58 Å². The van der Waals surface area contributed by atoms with Crippen molar-refractivity contribution in [2.45, 2.75) is 39.0 Å². The molecule has 0 N–H and O–H groups in total. The molecule has 0 fully saturated rings. The Morgan fingerprint density at radius 3 is 2.60 bits per heavy atom. The predicted octanol–water partition coefficient (Wildman–Crippen LogP) is 1.38. The Balaban J connectivity index is 2.30. The maximum atomic E-state index is 12.2. The zero-order valence-electron chi connectivity index (χ0n) is 12.3. The average Bonchev–Trinajstić information content (AvgIpc) is 2.86. The second-order valence-electron chi connectivity index (χ2n) is 5.70. The number of ether oxygens (including phenoxy) is 2. The molecule has 1 amide bonds. The fourth-order valence-electron chi connectivity index (χ4n) is 2.18. The summed E-state index contributed by atoms with van der Waals surface area (Å²) in [5, 5.41) is 4.10. The lowest BCUT2D eigenvalue weighted by molar-refractivity contribution is -0.146. The molecule has 0 bridgehead atoms. The van der Waals surface area contributed by atoms with Crippen molar-refractivity contribution in [1.29, 1.82) is 0 Å². The zero-order valence-corrected chi connectivity index (χ0v) is 12.3. The molecule has 0 saturated carbocycles. The van der Waals surface area contributed by atoms with Gasteiger partial charge in [0, 0.05) is 12.6 Å².